The van der Waals surface area contributed by atoms with Gasteiger partial charge in [0.1, 0.15) is 5.75 Å². The van der Waals surface area contributed by atoms with Crippen LogP contribution in [0.3, 0.4) is 0 Å². The van der Waals surface area contributed by atoms with Gasteiger partial charge in [0.05, 0.1) is 6.61 Å². The smallest absolute Gasteiger partial charge is 0.223 e. The van der Waals surface area contributed by atoms with Crippen LogP contribution in [0.5, 0.6) is 5.75 Å². The van der Waals surface area contributed by atoms with Gasteiger partial charge in [0.25, 0.3) is 0 Å². The van der Waals surface area contributed by atoms with E-state index in [0.29, 0.717) is 26.2 Å². The number of aliphatic imine (C=N–C) groups is 1. The van der Waals surface area contributed by atoms with E-state index in [-0.39, 0.29) is 35.8 Å². The molecular formula is C21H35IN4O2. The standard InChI is InChI=1S/C21H34N4O2.HI/c1-2-22-21(24-14-9-17-27-19-12-7-4-8-13-19)25-16-15-23-20(26)18-10-5-3-6-11-18;/h4,7-8,12-13,18H,2-3,5-6,9-11,14-17H2,1H3,(H,23,26)(H2,22,24,25);1H. The molecule has 0 heterocycles. The average Bonchev–Trinajstić information content (AvgIpc) is 2.72. The number of nitrogens with one attached hydrogen (secondary N) is 3. The van der Waals surface area contributed by atoms with Crippen LogP contribution in [-0.4, -0.2) is 44.7 Å². The fourth-order valence-electron chi connectivity index (χ4n) is 3.18. The summed E-state index contributed by atoms with van der Waals surface area (Å²) in [6.07, 6.45) is 6.56. The first kappa shape index (κ1) is 24.5. The highest BCUT2D eigenvalue weighted by Crippen LogP contribution is 2.23. The van der Waals surface area contributed by atoms with Crippen LogP contribution in [-0.2, 0) is 4.79 Å². The molecule has 1 aromatic rings. The van der Waals surface area contributed by atoms with Gasteiger partial charge < -0.3 is 20.7 Å². The molecule has 3 N–H and O–H groups in total. The van der Waals surface area contributed by atoms with Crippen LogP contribution in [0.25, 0.3) is 0 Å². The topological polar surface area (TPSA) is 74.8 Å². The minimum atomic E-state index is 0. The van der Waals surface area contributed by atoms with E-state index in [2.05, 4.69) is 20.9 Å². The number of guanidine groups is 1. The van der Waals surface area contributed by atoms with Crippen molar-refractivity contribution in [2.24, 2.45) is 10.9 Å². The normalized spacial score (nSPS) is 14.7. The Labute approximate surface area is 186 Å². The van der Waals surface area contributed by atoms with E-state index >= 15 is 0 Å². The molecule has 7 heteroatoms. The molecule has 0 aliphatic heterocycles. The number of halogens is 1. The summed E-state index contributed by atoms with van der Waals surface area (Å²) in [7, 11) is 0. The summed E-state index contributed by atoms with van der Waals surface area (Å²) in [6, 6.07) is 9.82. The van der Waals surface area contributed by atoms with Gasteiger partial charge >= 0.3 is 0 Å². The van der Waals surface area contributed by atoms with Gasteiger partial charge in [0.15, 0.2) is 5.96 Å². The fraction of sp³-hybridized carbons (Fsp3) is 0.619. The number of hydrogen-bond donors (Lipinski definition) is 3. The molecule has 1 amide bonds. The molecule has 1 aromatic carbocycles. The summed E-state index contributed by atoms with van der Waals surface area (Å²) in [5.41, 5.74) is 0. The largest absolute Gasteiger partial charge is 0.494 e. The van der Waals surface area contributed by atoms with Gasteiger partial charge in [0.2, 0.25) is 5.91 Å². The zero-order valence-electron chi connectivity index (χ0n) is 16.9. The van der Waals surface area contributed by atoms with Crippen molar-refractivity contribution in [1.82, 2.24) is 16.0 Å². The molecular weight excluding hydrogens is 467 g/mol. The zero-order valence-corrected chi connectivity index (χ0v) is 19.2. The lowest BCUT2D eigenvalue weighted by atomic mass is 9.89. The quantitative estimate of drug-likeness (QED) is 0.199. The Morgan fingerprint density at radius 2 is 1.79 bits per heavy atom. The van der Waals surface area contributed by atoms with Crippen LogP contribution in [0, 0.1) is 5.92 Å². The fourth-order valence-corrected chi connectivity index (χ4v) is 3.18. The maximum atomic E-state index is 12.1. The summed E-state index contributed by atoms with van der Waals surface area (Å²) in [5.74, 6) is 2.09. The number of nitrogens with zero attached hydrogens (tertiary/aromatic N) is 1. The Morgan fingerprint density at radius 3 is 2.50 bits per heavy atom. The van der Waals surface area contributed by atoms with Crippen molar-refractivity contribution in [2.45, 2.75) is 45.4 Å². The Balaban J connectivity index is 0.00000392. The van der Waals surface area contributed by atoms with Gasteiger partial charge in [-0.1, -0.05) is 37.5 Å². The van der Waals surface area contributed by atoms with Gasteiger partial charge in [-0.25, -0.2) is 0 Å². The highest BCUT2D eigenvalue weighted by atomic mass is 127. The van der Waals surface area contributed by atoms with Crippen molar-refractivity contribution in [3.8, 4) is 5.75 Å². The maximum Gasteiger partial charge on any atom is 0.223 e. The van der Waals surface area contributed by atoms with Gasteiger partial charge in [-0.3, -0.25) is 9.79 Å². The van der Waals surface area contributed by atoms with Crippen molar-refractivity contribution in [1.29, 1.82) is 0 Å². The summed E-state index contributed by atoms with van der Waals surface area (Å²) < 4.78 is 5.67. The van der Waals surface area contributed by atoms with E-state index in [4.69, 9.17) is 4.74 Å². The third-order valence-electron chi connectivity index (χ3n) is 4.62. The molecule has 0 spiro atoms. The minimum absolute atomic E-state index is 0. The molecule has 158 valence electrons. The number of carbonyl (C=O) groups is 1. The summed E-state index contributed by atoms with van der Waals surface area (Å²) in [5, 5.41) is 9.54. The maximum absolute atomic E-state index is 12.1. The Kier molecular flexibility index (Phi) is 13.5. The van der Waals surface area contributed by atoms with Gasteiger partial charge in [-0.15, -0.1) is 24.0 Å². The van der Waals surface area contributed by atoms with Crippen molar-refractivity contribution in [2.75, 3.05) is 32.8 Å². The van der Waals surface area contributed by atoms with Crippen LogP contribution in [0.4, 0.5) is 0 Å². The number of ether oxygens (including phenoxy) is 1. The summed E-state index contributed by atoms with van der Waals surface area (Å²) >= 11 is 0. The van der Waals surface area contributed by atoms with E-state index in [1.807, 2.05) is 37.3 Å². The lowest BCUT2D eigenvalue weighted by Crippen LogP contribution is -2.42. The number of carbonyl (C=O) groups excluding carboxylic acids is 1. The first-order valence-electron chi connectivity index (χ1n) is 10.3. The highest BCUT2D eigenvalue weighted by molar-refractivity contribution is 14.0. The molecule has 28 heavy (non-hydrogen) atoms. The van der Waals surface area contributed by atoms with Gasteiger partial charge in [-0.2, -0.15) is 0 Å². The molecule has 0 saturated heterocycles. The van der Waals surface area contributed by atoms with Crippen molar-refractivity contribution >= 4 is 35.8 Å². The van der Waals surface area contributed by atoms with Crippen LogP contribution in [0.15, 0.2) is 35.3 Å². The molecule has 1 aliphatic rings. The van der Waals surface area contributed by atoms with E-state index in [1.165, 1.54) is 19.3 Å². The second kappa shape index (κ2) is 15.4. The SMILES string of the molecule is CCNC(=NCCCOc1ccccc1)NCCNC(=O)C1CCCCC1.I. The molecule has 0 unspecified atom stereocenters. The van der Waals surface area contributed by atoms with Gasteiger partial charge in [-0.05, 0) is 31.9 Å². The number of para-hydroxylation sites is 1. The third kappa shape index (κ3) is 10.1. The number of amides is 1. The van der Waals surface area contributed by atoms with Gasteiger partial charge in [0, 0.05) is 38.5 Å². The van der Waals surface area contributed by atoms with Crippen molar-refractivity contribution < 1.29 is 9.53 Å². The Hall–Kier alpha value is -1.51. The minimum Gasteiger partial charge on any atom is -0.494 e. The molecule has 1 aliphatic carbocycles. The Morgan fingerprint density at radius 1 is 1.07 bits per heavy atom. The average molecular weight is 502 g/mol. The van der Waals surface area contributed by atoms with E-state index in [0.717, 1.165) is 37.5 Å². The highest BCUT2D eigenvalue weighted by Gasteiger charge is 2.20. The number of rotatable bonds is 10. The molecule has 0 bridgehead atoms. The molecule has 0 aromatic heterocycles. The molecule has 1 fully saturated rings. The van der Waals surface area contributed by atoms with Crippen LogP contribution in [0.2, 0.25) is 0 Å². The van der Waals surface area contributed by atoms with E-state index in [1.54, 1.807) is 0 Å². The second-order valence-electron chi connectivity index (χ2n) is 6.83. The summed E-state index contributed by atoms with van der Waals surface area (Å²) in [6.45, 7) is 5.48. The lowest BCUT2D eigenvalue weighted by Gasteiger charge is -2.21. The van der Waals surface area contributed by atoms with Crippen molar-refractivity contribution in [3.05, 3.63) is 30.3 Å². The lowest BCUT2D eigenvalue weighted by molar-refractivity contribution is -0.125. The molecule has 0 atom stereocenters. The van der Waals surface area contributed by atoms with E-state index in [9.17, 15) is 4.79 Å². The number of benzene rings is 1. The molecule has 0 radical (unpaired) electrons. The van der Waals surface area contributed by atoms with Crippen LogP contribution >= 0.6 is 24.0 Å². The van der Waals surface area contributed by atoms with Crippen LogP contribution < -0.4 is 20.7 Å². The summed E-state index contributed by atoms with van der Waals surface area (Å²) in [4.78, 5) is 16.7. The van der Waals surface area contributed by atoms with E-state index < -0.39 is 0 Å². The molecule has 2 rings (SSSR count). The first-order valence-corrected chi connectivity index (χ1v) is 10.3. The number of hydrogen-bond acceptors (Lipinski definition) is 3. The van der Waals surface area contributed by atoms with Crippen LogP contribution in [0.1, 0.15) is 45.4 Å². The molecule has 6 nitrogen and oxygen atoms in total. The zero-order chi connectivity index (χ0) is 19.2. The predicted octanol–water partition coefficient (Wildman–Crippen LogP) is 3.33. The Bertz CT molecular complexity index is 563. The predicted molar refractivity (Wildman–Crippen MR) is 126 cm³/mol. The molecule has 1 saturated carbocycles. The first-order chi connectivity index (χ1) is 13.3. The third-order valence-corrected chi connectivity index (χ3v) is 4.62. The monoisotopic (exact) mass is 502 g/mol. The second-order valence-corrected chi connectivity index (χ2v) is 6.83. The van der Waals surface area contributed by atoms with Crippen molar-refractivity contribution in [3.63, 3.8) is 0 Å².